The molecule has 0 unspecified atom stereocenters. The van der Waals surface area contributed by atoms with E-state index in [0.29, 0.717) is 36.1 Å². The molecule has 0 atom stereocenters. The van der Waals surface area contributed by atoms with Crippen LogP contribution >= 0.6 is 24.0 Å². The number of nitrogens with one attached hydrogen (secondary N) is 2. The molecule has 0 fully saturated rings. The van der Waals surface area contributed by atoms with Crippen LogP contribution in [0.25, 0.3) is 0 Å². The summed E-state index contributed by atoms with van der Waals surface area (Å²) < 4.78 is 51.4. The molecular weight excluding hydrogens is 518 g/mol. The Hall–Kier alpha value is -2.44. The van der Waals surface area contributed by atoms with Crippen LogP contribution in [0.5, 0.6) is 5.75 Å². The zero-order valence-corrected chi connectivity index (χ0v) is 19.0. The predicted octanol–water partition coefficient (Wildman–Crippen LogP) is 3.80. The number of hydrogen-bond acceptors (Lipinski definition) is 5. The molecule has 0 amide bonds. The molecule has 2 rings (SSSR count). The first-order valence-electron chi connectivity index (χ1n) is 8.62. The van der Waals surface area contributed by atoms with E-state index in [2.05, 4.69) is 25.1 Å². The molecule has 1 aromatic carbocycles. The van der Waals surface area contributed by atoms with Gasteiger partial charge >= 0.3 is 12.1 Å². The van der Waals surface area contributed by atoms with Crippen LogP contribution in [0.2, 0.25) is 0 Å². The number of aliphatic imine (C=N–C) groups is 1. The van der Waals surface area contributed by atoms with E-state index in [1.165, 1.54) is 19.2 Å². The van der Waals surface area contributed by atoms with Gasteiger partial charge in [-0.15, -0.1) is 24.0 Å². The van der Waals surface area contributed by atoms with Crippen molar-refractivity contribution in [3.63, 3.8) is 0 Å². The summed E-state index contributed by atoms with van der Waals surface area (Å²) in [5.41, 5.74) is 1.19. The summed E-state index contributed by atoms with van der Waals surface area (Å²) in [6.45, 7) is 1.03. The van der Waals surface area contributed by atoms with Gasteiger partial charge in [-0.3, -0.25) is 4.99 Å². The largest absolute Gasteiger partial charge is 0.484 e. The summed E-state index contributed by atoms with van der Waals surface area (Å²) >= 11 is 0. The number of carbonyl (C=O) groups is 1. The van der Waals surface area contributed by atoms with Crippen LogP contribution in [-0.4, -0.2) is 38.9 Å². The normalized spacial score (nSPS) is 11.5. The molecule has 1 heterocycles. The number of hydrogen-bond donors (Lipinski definition) is 2. The lowest BCUT2D eigenvalue weighted by atomic mass is 10.2. The average molecular weight is 541 g/mol. The van der Waals surface area contributed by atoms with E-state index in [1.807, 2.05) is 0 Å². The molecule has 0 saturated carbocycles. The number of ether oxygens (including phenoxy) is 2. The number of rotatable bonds is 7. The fraction of sp³-hybridized carbons (Fsp3) is 0.368. The molecule has 0 bridgehead atoms. The van der Waals surface area contributed by atoms with E-state index >= 15 is 0 Å². The van der Waals surface area contributed by atoms with Crippen molar-refractivity contribution in [2.45, 2.75) is 26.2 Å². The Labute approximate surface area is 189 Å². The van der Waals surface area contributed by atoms with Crippen LogP contribution in [0.15, 0.2) is 39.7 Å². The molecule has 2 aromatic rings. The Kier molecular flexibility index (Phi) is 9.96. The lowest BCUT2D eigenvalue weighted by Gasteiger charge is -2.12. The van der Waals surface area contributed by atoms with Gasteiger partial charge in [0.25, 0.3) is 0 Å². The molecule has 0 radical (unpaired) electrons. The second-order valence-corrected chi connectivity index (χ2v) is 6.00. The molecule has 0 saturated heterocycles. The van der Waals surface area contributed by atoms with Crippen LogP contribution in [0, 0.1) is 6.92 Å². The summed E-state index contributed by atoms with van der Waals surface area (Å²) in [4.78, 5) is 15.7. The van der Waals surface area contributed by atoms with Crippen molar-refractivity contribution < 1.29 is 31.9 Å². The van der Waals surface area contributed by atoms with Crippen molar-refractivity contribution in [3.8, 4) is 5.75 Å². The van der Waals surface area contributed by atoms with Crippen molar-refractivity contribution in [2.75, 3.05) is 20.8 Å². The number of carbonyl (C=O) groups excluding carboxylic acids is 1. The van der Waals surface area contributed by atoms with Crippen molar-refractivity contribution >= 4 is 35.9 Å². The highest BCUT2D eigenvalue weighted by atomic mass is 127. The first-order valence-corrected chi connectivity index (χ1v) is 8.62. The summed E-state index contributed by atoms with van der Waals surface area (Å²) in [7, 11) is 2.89. The topological polar surface area (TPSA) is 85.1 Å². The van der Waals surface area contributed by atoms with Gasteiger partial charge in [0.15, 0.2) is 12.6 Å². The van der Waals surface area contributed by atoms with Crippen molar-refractivity contribution in [1.82, 2.24) is 10.6 Å². The molecule has 0 aliphatic heterocycles. The third kappa shape index (κ3) is 8.13. The zero-order valence-electron chi connectivity index (χ0n) is 16.6. The Bertz CT molecular complexity index is 852. The summed E-state index contributed by atoms with van der Waals surface area (Å²) in [5, 5.41) is 6.12. The van der Waals surface area contributed by atoms with Gasteiger partial charge in [-0.2, -0.15) is 13.2 Å². The van der Waals surface area contributed by atoms with Crippen molar-refractivity contribution in [1.29, 1.82) is 0 Å². The minimum atomic E-state index is -4.37. The Morgan fingerprint density at radius 1 is 1.17 bits per heavy atom. The molecule has 0 aliphatic carbocycles. The molecule has 0 spiro atoms. The average Bonchev–Trinajstić information content (AvgIpc) is 3.06. The van der Waals surface area contributed by atoms with Gasteiger partial charge in [-0.25, -0.2) is 4.79 Å². The molecule has 1 aromatic heterocycles. The van der Waals surface area contributed by atoms with Gasteiger partial charge in [0.05, 0.1) is 13.7 Å². The maximum absolute atomic E-state index is 12.2. The molecule has 166 valence electrons. The van der Waals surface area contributed by atoms with E-state index in [-0.39, 0.29) is 29.7 Å². The van der Waals surface area contributed by atoms with Crippen LogP contribution < -0.4 is 15.4 Å². The van der Waals surface area contributed by atoms with Gasteiger partial charge < -0.3 is 24.5 Å². The fourth-order valence-corrected chi connectivity index (χ4v) is 2.39. The van der Waals surface area contributed by atoms with Crippen LogP contribution in [0.4, 0.5) is 13.2 Å². The number of methoxy groups -OCH3 is 1. The maximum atomic E-state index is 12.2. The lowest BCUT2D eigenvalue weighted by molar-refractivity contribution is -0.153. The molecular formula is C19H23F3IN3O4. The molecule has 30 heavy (non-hydrogen) atoms. The monoisotopic (exact) mass is 541 g/mol. The van der Waals surface area contributed by atoms with Crippen molar-refractivity contribution in [2.24, 2.45) is 4.99 Å². The summed E-state index contributed by atoms with van der Waals surface area (Å²) in [6, 6.07) is 7.86. The number of alkyl halides is 3. The van der Waals surface area contributed by atoms with Gasteiger partial charge in [0.2, 0.25) is 0 Å². The van der Waals surface area contributed by atoms with Crippen molar-refractivity contribution in [3.05, 3.63) is 53.0 Å². The maximum Gasteiger partial charge on any atom is 0.422 e. The molecule has 2 N–H and O–H groups in total. The number of nitrogens with zero attached hydrogens (tertiary/aromatic N) is 1. The second kappa shape index (κ2) is 11.7. The minimum absolute atomic E-state index is 0. The Morgan fingerprint density at radius 2 is 1.80 bits per heavy atom. The van der Waals surface area contributed by atoms with Gasteiger partial charge in [-0.1, -0.05) is 12.1 Å². The third-order valence-electron chi connectivity index (χ3n) is 3.81. The van der Waals surface area contributed by atoms with E-state index in [0.717, 1.165) is 5.56 Å². The number of esters is 1. The predicted molar refractivity (Wildman–Crippen MR) is 115 cm³/mol. The highest BCUT2D eigenvalue weighted by Crippen LogP contribution is 2.19. The lowest BCUT2D eigenvalue weighted by Crippen LogP contribution is -2.36. The summed E-state index contributed by atoms with van der Waals surface area (Å²) in [5.74, 6) is 1.16. The molecule has 7 nitrogen and oxygen atoms in total. The fourth-order valence-electron chi connectivity index (χ4n) is 2.39. The van der Waals surface area contributed by atoms with Crippen LogP contribution in [0.3, 0.4) is 0 Å². The minimum Gasteiger partial charge on any atom is -0.484 e. The number of benzene rings is 1. The second-order valence-electron chi connectivity index (χ2n) is 6.00. The highest BCUT2D eigenvalue weighted by Gasteiger charge is 2.28. The van der Waals surface area contributed by atoms with E-state index in [9.17, 15) is 18.0 Å². The molecule has 0 aliphatic rings. The van der Waals surface area contributed by atoms with E-state index in [4.69, 9.17) is 4.42 Å². The van der Waals surface area contributed by atoms with E-state index < -0.39 is 18.8 Å². The van der Waals surface area contributed by atoms with Gasteiger partial charge in [0, 0.05) is 13.6 Å². The number of halogens is 4. The SMILES string of the molecule is CN=C(NCc1ccc(OCC(F)(F)F)cc1)NCc1cc(C(=O)OC)c(C)o1.I. The van der Waals surface area contributed by atoms with Crippen LogP contribution in [0.1, 0.15) is 27.4 Å². The Balaban J connectivity index is 0.00000450. The first-order chi connectivity index (χ1) is 13.7. The van der Waals surface area contributed by atoms with E-state index in [1.54, 1.807) is 32.2 Å². The zero-order chi connectivity index (χ0) is 21.4. The van der Waals surface area contributed by atoms with Gasteiger partial charge in [0.1, 0.15) is 22.8 Å². The summed E-state index contributed by atoms with van der Waals surface area (Å²) in [6.07, 6.45) is -4.37. The number of aryl methyl sites for hydroxylation is 1. The Morgan fingerprint density at radius 3 is 2.37 bits per heavy atom. The smallest absolute Gasteiger partial charge is 0.422 e. The number of guanidine groups is 1. The van der Waals surface area contributed by atoms with Gasteiger partial charge in [-0.05, 0) is 30.7 Å². The first kappa shape index (κ1) is 25.6. The third-order valence-corrected chi connectivity index (χ3v) is 3.81. The molecule has 11 heteroatoms. The quantitative estimate of drug-likeness (QED) is 0.240. The standard InChI is InChI=1S/C19H22F3N3O4.HI/c1-12-16(17(26)27-3)8-15(29-12)10-25-18(23-2)24-9-13-4-6-14(7-5-13)28-11-19(20,21)22;/h4-8H,9-11H2,1-3H3,(H2,23,24,25);1H. The number of furan rings is 1. The highest BCUT2D eigenvalue weighted by molar-refractivity contribution is 14.0. The van der Waals surface area contributed by atoms with Crippen LogP contribution in [-0.2, 0) is 17.8 Å².